The zero-order valence-electron chi connectivity index (χ0n) is 8.52. The summed E-state index contributed by atoms with van der Waals surface area (Å²) in [7, 11) is 0. The van der Waals surface area contributed by atoms with Gasteiger partial charge in [0.2, 0.25) is 0 Å². The molecule has 0 heterocycles. The van der Waals surface area contributed by atoms with Crippen molar-refractivity contribution in [2.45, 2.75) is 38.5 Å². The molecule has 0 fully saturated rings. The van der Waals surface area contributed by atoms with Gasteiger partial charge in [-0.2, -0.15) is 24.6 Å². The monoisotopic (exact) mass is 232 g/mol. The predicted octanol–water partition coefficient (Wildman–Crippen LogP) is 4.10. The minimum Gasteiger partial charge on any atom is -0.501 e. The first-order valence-electron chi connectivity index (χ1n) is 5.22. The maximum absolute atomic E-state index is 3.26. The SMILES string of the molecule is [C-]1=CCCCCCC1.[Ni].c1cc[cH-]c1. The molecule has 0 bridgehead atoms. The van der Waals surface area contributed by atoms with Gasteiger partial charge in [0.15, 0.2) is 0 Å². The molecule has 1 aliphatic rings. The van der Waals surface area contributed by atoms with E-state index in [1.54, 1.807) is 0 Å². The molecule has 0 unspecified atom stereocenters. The Morgan fingerprint density at radius 1 is 0.929 bits per heavy atom. The van der Waals surface area contributed by atoms with Gasteiger partial charge in [-0.1, -0.05) is 32.1 Å². The van der Waals surface area contributed by atoms with Gasteiger partial charge in [0.1, 0.15) is 0 Å². The second-order valence-corrected chi connectivity index (χ2v) is 3.32. The van der Waals surface area contributed by atoms with Crippen molar-refractivity contribution in [1.29, 1.82) is 0 Å². The Kier molecular flexibility index (Phi) is 10.3. The summed E-state index contributed by atoms with van der Waals surface area (Å²) in [4.78, 5) is 0. The van der Waals surface area contributed by atoms with Gasteiger partial charge in [-0.05, 0) is 0 Å². The fourth-order valence-corrected chi connectivity index (χ4v) is 1.35. The van der Waals surface area contributed by atoms with E-state index in [1.165, 1.54) is 38.5 Å². The normalized spacial score (nSPS) is 15.4. The zero-order chi connectivity index (χ0) is 9.19. The summed E-state index contributed by atoms with van der Waals surface area (Å²) < 4.78 is 0. The van der Waals surface area contributed by atoms with Crippen molar-refractivity contribution in [3.8, 4) is 0 Å². The van der Waals surface area contributed by atoms with Gasteiger partial charge in [-0.15, -0.1) is 0 Å². The van der Waals surface area contributed by atoms with Crippen LogP contribution in [0.4, 0.5) is 0 Å². The zero-order valence-corrected chi connectivity index (χ0v) is 9.51. The largest absolute Gasteiger partial charge is 0.501 e. The maximum atomic E-state index is 3.26. The molecule has 0 saturated heterocycles. The summed E-state index contributed by atoms with van der Waals surface area (Å²) in [6, 6.07) is 10.0. The minimum atomic E-state index is 0. The Hall–Kier alpha value is -0.416. The van der Waals surface area contributed by atoms with Gasteiger partial charge in [-0.3, -0.25) is 6.08 Å². The van der Waals surface area contributed by atoms with Crippen molar-refractivity contribution < 1.29 is 16.5 Å². The van der Waals surface area contributed by atoms with Gasteiger partial charge in [0.25, 0.3) is 0 Å². The van der Waals surface area contributed by atoms with E-state index in [0.717, 1.165) is 0 Å². The minimum absolute atomic E-state index is 0. The van der Waals surface area contributed by atoms with Crippen molar-refractivity contribution in [3.05, 3.63) is 42.5 Å². The van der Waals surface area contributed by atoms with Crippen LogP contribution < -0.4 is 0 Å². The van der Waals surface area contributed by atoms with E-state index in [2.05, 4.69) is 12.2 Å². The van der Waals surface area contributed by atoms with E-state index in [9.17, 15) is 0 Å². The Bertz CT molecular complexity index is 172. The number of hydrogen-bond acceptors (Lipinski definition) is 0. The Morgan fingerprint density at radius 2 is 1.64 bits per heavy atom. The van der Waals surface area contributed by atoms with Crippen molar-refractivity contribution in [3.63, 3.8) is 0 Å². The van der Waals surface area contributed by atoms with Crippen LogP contribution in [0.5, 0.6) is 0 Å². The van der Waals surface area contributed by atoms with Gasteiger partial charge in [0.05, 0.1) is 0 Å². The van der Waals surface area contributed by atoms with Crippen molar-refractivity contribution in [1.82, 2.24) is 0 Å². The molecule has 1 aromatic rings. The predicted molar refractivity (Wildman–Crippen MR) is 57.6 cm³/mol. The molecule has 1 aliphatic carbocycles. The molecule has 1 heteroatoms. The van der Waals surface area contributed by atoms with Crippen LogP contribution in [0.2, 0.25) is 0 Å². The van der Waals surface area contributed by atoms with E-state index in [4.69, 9.17) is 0 Å². The standard InChI is InChI=1S/C8H13.C5H5.Ni/c1-2-4-6-8-7-5-3-1;1-2-4-5-3-1;/h1H,2,4-8H2;1-5H;/q2*-1;. The van der Waals surface area contributed by atoms with Crippen LogP contribution in [0, 0.1) is 6.08 Å². The van der Waals surface area contributed by atoms with Crippen molar-refractivity contribution in [2.75, 3.05) is 0 Å². The van der Waals surface area contributed by atoms with Crippen LogP contribution in [-0.4, -0.2) is 0 Å². The van der Waals surface area contributed by atoms with E-state index >= 15 is 0 Å². The van der Waals surface area contributed by atoms with Gasteiger partial charge in [-0.25, -0.2) is 12.1 Å². The maximum Gasteiger partial charge on any atom is 0 e. The topological polar surface area (TPSA) is 0 Å². The summed E-state index contributed by atoms with van der Waals surface area (Å²) in [5.74, 6) is 0. The Balaban J connectivity index is 0.000000246. The molecule has 14 heavy (non-hydrogen) atoms. The molecule has 0 radical (unpaired) electrons. The summed E-state index contributed by atoms with van der Waals surface area (Å²) in [5.41, 5.74) is 0. The molecule has 0 atom stereocenters. The average Bonchev–Trinajstić information content (AvgIpc) is 2.58. The van der Waals surface area contributed by atoms with Gasteiger partial charge in [0, 0.05) is 16.5 Å². The Morgan fingerprint density at radius 3 is 2.29 bits per heavy atom. The van der Waals surface area contributed by atoms with Crippen LogP contribution in [-0.2, 0) is 16.5 Å². The van der Waals surface area contributed by atoms with Gasteiger partial charge >= 0.3 is 0 Å². The van der Waals surface area contributed by atoms with Crippen LogP contribution in [0.15, 0.2) is 36.4 Å². The number of rotatable bonds is 0. The summed E-state index contributed by atoms with van der Waals surface area (Å²) in [6.45, 7) is 0. The molecule has 0 nitrogen and oxygen atoms in total. The second-order valence-electron chi connectivity index (χ2n) is 3.32. The second kappa shape index (κ2) is 10.7. The quantitative estimate of drug-likeness (QED) is 0.467. The third-order valence-corrected chi connectivity index (χ3v) is 2.12. The first kappa shape index (κ1) is 13.6. The molecular formula is C13H18Ni-2. The molecule has 1 aromatic carbocycles. The molecule has 0 saturated carbocycles. The number of hydrogen-bond donors (Lipinski definition) is 0. The third kappa shape index (κ3) is 8.19. The van der Waals surface area contributed by atoms with E-state index in [-0.39, 0.29) is 16.5 Å². The average molecular weight is 233 g/mol. The first-order valence-corrected chi connectivity index (χ1v) is 5.22. The van der Waals surface area contributed by atoms with Crippen LogP contribution in [0.3, 0.4) is 0 Å². The van der Waals surface area contributed by atoms with E-state index in [1.807, 2.05) is 30.3 Å². The van der Waals surface area contributed by atoms with E-state index < -0.39 is 0 Å². The molecule has 0 N–H and O–H groups in total. The molecular weight excluding hydrogens is 215 g/mol. The third-order valence-electron chi connectivity index (χ3n) is 2.12. The first-order chi connectivity index (χ1) is 6.50. The summed E-state index contributed by atoms with van der Waals surface area (Å²) in [6.07, 6.45) is 13.5. The van der Waals surface area contributed by atoms with E-state index in [0.29, 0.717) is 0 Å². The molecule has 82 valence electrons. The fourth-order valence-electron chi connectivity index (χ4n) is 1.35. The number of allylic oxidation sites excluding steroid dienone is 2. The van der Waals surface area contributed by atoms with Crippen LogP contribution >= 0.6 is 0 Å². The Labute approximate surface area is 97.7 Å². The summed E-state index contributed by atoms with van der Waals surface area (Å²) in [5, 5.41) is 0. The summed E-state index contributed by atoms with van der Waals surface area (Å²) >= 11 is 0. The molecule has 2 rings (SSSR count). The molecule has 0 spiro atoms. The fraction of sp³-hybridized carbons (Fsp3) is 0.462. The van der Waals surface area contributed by atoms with Crippen LogP contribution in [0.25, 0.3) is 0 Å². The molecule has 0 aromatic heterocycles. The van der Waals surface area contributed by atoms with Crippen LogP contribution in [0.1, 0.15) is 38.5 Å². The molecule has 0 amide bonds. The van der Waals surface area contributed by atoms with Crippen molar-refractivity contribution >= 4 is 0 Å². The van der Waals surface area contributed by atoms with Gasteiger partial charge < -0.3 is 6.08 Å². The van der Waals surface area contributed by atoms with Crippen molar-refractivity contribution in [2.24, 2.45) is 0 Å². The molecule has 0 aliphatic heterocycles. The smallest absolute Gasteiger partial charge is 0 e.